The van der Waals surface area contributed by atoms with Crippen molar-refractivity contribution in [2.24, 2.45) is 5.92 Å². The summed E-state index contributed by atoms with van der Waals surface area (Å²) in [4.78, 5) is 14.8. The lowest BCUT2D eigenvalue weighted by atomic mass is 9.98. The third-order valence-electron chi connectivity index (χ3n) is 5.40. The Kier molecular flexibility index (Phi) is 6.59. The number of amides is 1. The SMILES string of the molecule is CCc1[nH]nc(C(=O)N2CCC[C@H](CNS(=O)(=O)c3ccc(OC)cc3)C2)c1C. The lowest BCUT2D eigenvalue weighted by Crippen LogP contribution is -2.44. The Labute approximate surface area is 171 Å². The van der Waals surface area contributed by atoms with Crippen molar-refractivity contribution < 1.29 is 17.9 Å². The molecule has 158 valence electrons. The number of hydrogen-bond acceptors (Lipinski definition) is 5. The Morgan fingerprint density at radius 2 is 2.07 bits per heavy atom. The molecule has 0 radical (unpaired) electrons. The van der Waals surface area contributed by atoms with Crippen molar-refractivity contribution in [3.8, 4) is 5.75 Å². The van der Waals surface area contributed by atoms with Crippen LogP contribution in [0.5, 0.6) is 5.75 Å². The fourth-order valence-corrected chi connectivity index (χ4v) is 4.73. The number of aryl methyl sites for hydroxylation is 1. The Morgan fingerprint density at radius 3 is 2.69 bits per heavy atom. The number of rotatable bonds is 7. The first-order valence-corrected chi connectivity index (χ1v) is 11.3. The van der Waals surface area contributed by atoms with E-state index in [0.717, 1.165) is 30.5 Å². The number of ether oxygens (including phenoxy) is 1. The molecular formula is C20H28N4O4S. The zero-order valence-electron chi connectivity index (χ0n) is 17.1. The predicted molar refractivity (Wildman–Crippen MR) is 110 cm³/mol. The van der Waals surface area contributed by atoms with Crippen LogP contribution >= 0.6 is 0 Å². The lowest BCUT2D eigenvalue weighted by Gasteiger charge is -2.32. The maximum absolute atomic E-state index is 12.9. The molecule has 3 rings (SSSR count). The number of hydrogen-bond donors (Lipinski definition) is 2. The number of methoxy groups -OCH3 is 1. The summed E-state index contributed by atoms with van der Waals surface area (Å²) in [5.41, 5.74) is 2.32. The Balaban J connectivity index is 1.61. The van der Waals surface area contributed by atoms with Crippen LogP contribution in [0.15, 0.2) is 29.2 Å². The first-order chi connectivity index (χ1) is 13.9. The second-order valence-corrected chi connectivity index (χ2v) is 9.08. The van der Waals surface area contributed by atoms with E-state index in [-0.39, 0.29) is 23.3 Å². The van der Waals surface area contributed by atoms with Crippen LogP contribution in [0.3, 0.4) is 0 Å². The molecule has 8 nitrogen and oxygen atoms in total. The standard InChI is InChI=1S/C20H28N4O4S/c1-4-18-14(2)19(23-22-18)20(25)24-11-5-6-15(13-24)12-21-29(26,27)17-9-7-16(28-3)8-10-17/h7-10,15,21H,4-6,11-13H2,1-3H3,(H,22,23)/t15-/m1/s1. The molecule has 1 aromatic carbocycles. The van der Waals surface area contributed by atoms with E-state index in [1.54, 1.807) is 17.0 Å². The van der Waals surface area contributed by atoms with Gasteiger partial charge in [0.05, 0.1) is 12.0 Å². The molecule has 0 bridgehead atoms. The second-order valence-electron chi connectivity index (χ2n) is 7.32. The summed E-state index contributed by atoms with van der Waals surface area (Å²) >= 11 is 0. The number of aromatic nitrogens is 2. The van der Waals surface area contributed by atoms with E-state index < -0.39 is 10.0 Å². The van der Waals surface area contributed by atoms with Gasteiger partial charge in [-0.2, -0.15) is 5.10 Å². The van der Waals surface area contributed by atoms with E-state index >= 15 is 0 Å². The number of nitrogens with zero attached hydrogens (tertiary/aromatic N) is 2. The lowest BCUT2D eigenvalue weighted by molar-refractivity contribution is 0.0669. The van der Waals surface area contributed by atoms with Crippen LogP contribution < -0.4 is 9.46 Å². The van der Waals surface area contributed by atoms with Gasteiger partial charge in [0.2, 0.25) is 10.0 Å². The highest BCUT2D eigenvalue weighted by atomic mass is 32.2. The molecular weight excluding hydrogens is 392 g/mol. The van der Waals surface area contributed by atoms with Gasteiger partial charge in [-0.15, -0.1) is 0 Å². The molecule has 0 spiro atoms. The first kappa shape index (κ1) is 21.3. The summed E-state index contributed by atoms with van der Waals surface area (Å²) < 4.78 is 32.8. The number of carbonyl (C=O) groups is 1. The van der Waals surface area contributed by atoms with Gasteiger partial charge in [-0.25, -0.2) is 13.1 Å². The van der Waals surface area contributed by atoms with Gasteiger partial charge in [0, 0.05) is 30.9 Å². The van der Waals surface area contributed by atoms with Gasteiger partial charge in [-0.3, -0.25) is 9.89 Å². The molecule has 1 atom stereocenters. The predicted octanol–water partition coefficient (Wildman–Crippen LogP) is 2.12. The van der Waals surface area contributed by atoms with Crippen LogP contribution in [0.25, 0.3) is 0 Å². The summed E-state index contributed by atoms with van der Waals surface area (Å²) in [6.07, 6.45) is 2.50. The highest BCUT2D eigenvalue weighted by Gasteiger charge is 2.28. The average molecular weight is 421 g/mol. The Hall–Kier alpha value is -2.39. The van der Waals surface area contributed by atoms with E-state index in [4.69, 9.17) is 4.74 Å². The largest absolute Gasteiger partial charge is 0.497 e. The number of piperidine rings is 1. The van der Waals surface area contributed by atoms with Gasteiger partial charge in [0.25, 0.3) is 5.91 Å². The van der Waals surface area contributed by atoms with Crippen molar-refractivity contribution in [1.82, 2.24) is 19.8 Å². The van der Waals surface area contributed by atoms with Crippen molar-refractivity contribution in [1.29, 1.82) is 0 Å². The van der Waals surface area contributed by atoms with Crippen molar-refractivity contribution in [3.63, 3.8) is 0 Å². The third-order valence-corrected chi connectivity index (χ3v) is 6.84. The molecule has 1 saturated heterocycles. The molecule has 1 amide bonds. The van der Waals surface area contributed by atoms with Crippen LogP contribution in [-0.4, -0.2) is 56.2 Å². The topological polar surface area (TPSA) is 104 Å². The summed E-state index contributed by atoms with van der Waals surface area (Å²) in [5.74, 6) is 0.567. The Bertz CT molecular complexity index is 953. The molecule has 1 fully saturated rings. The van der Waals surface area contributed by atoms with E-state index in [0.29, 0.717) is 24.5 Å². The Morgan fingerprint density at radius 1 is 1.34 bits per heavy atom. The van der Waals surface area contributed by atoms with Gasteiger partial charge in [-0.1, -0.05) is 6.92 Å². The quantitative estimate of drug-likeness (QED) is 0.714. The van der Waals surface area contributed by atoms with Gasteiger partial charge < -0.3 is 9.64 Å². The van der Waals surface area contributed by atoms with Crippen molar-refractivity contribution in [2.75, 3.05) is 26.7 Å². The molecule has 2 N–H and O–H groups in total. The molecule has 1 aliphatic rings. The zero-order valence-corrected chi connectivity index (χ0v) is 17.9. The van der Waals surface area contributed by atoms with E-state index in [1.165, 1.54) is 19.2 Å². The molecule has 0 saturated carbocycles. The number of H-pyrrole nitrogens is 1. The van der Waals surface area contributed by atoms with Crippen molar-refractivity contribution >= 4 is 15.9 Å². The third kappa shape index (κ3) is 4.79. The summed E-state index contributed by atoms with van der Waals surface area (Å²) in [7, 11) is -2.07. The van der Waals surface area contributed by atoms with E-state index in [1.807, 2.05) is 13.8 Å². The summed E-state index contributed by atoms with van der Waals surface area (Å²) in [5, 5.41) is 7.12. The molecule has 2 heterocycles. The summed E-state index contributed by atoms with van der Waals surface area (Å²) in [6.45, 7) is 5.38. The van der Waals surface area contributed by atoms with Crippen molar-refractivity contribution in [3.05, 3.63) is 41.2 Å². The molecule has 1 aromatic heterocycles. The highest BCUT2D eigenvalue weighted by molar-refractivity contribution is 7.89. The first-order valence-electron chi connectivity index (χ1n) is 9.82. The molecule has 0 aliphatic carbocycles. The van der Waals surface area contributed by atoms with Gasteiger partial charge in [0.1, 0.15) is 5.75 Å². The number of likely N-dealkylation sites (tertiary alicyclic amines) is 1. The fraction of sp³-hybridized carbons (Fsp3) is 0.500. The number of benzene rings is 1. The van der Waals surface area contributed by atoms with Gasteiger partial charge >= 0.3 is 0 Å². The monoisotopic (exact) mass is 420 g/mol. The molecule has 9 heteroatoms. The molecule has 29 heavy (non-hydrogen) atoms. The normalized spacial score (nSPS) is 17.3. The van der Waals surface area contributed by atoms with Gasteiger partial charge in [0.15, 0.2) is 5.69 Å². The smallest absolute Gasteiger partial charge is 0.274 e. The van der Waals surface area contributed by atoms with Crippen LogP contribution in [0.4, 0.5) is 0 Å². The maximum Gasteiger partial charge on any atom is 0.274 e. The number of aromatic amines is 1. The number of sulfonamides is 1. The summed E-state index contributed by atoms with van der Waals surface area (Å²) in [6, 6.07) is 6.27. The molecule has 1 aliphatic heterocycles. The van der Waals surface area contributed by atoms with Crippen LogP contribution in [-0.2, 0) is 16.4 Å². The molecule has 0 unspecified atom stereocenters. The van der Waals surface area contributed by atoms with Crippen LogP contribution in [0, 0.1) is 12.8 Å². The number of carbonyl (C=O) groups excluding carboxylic acids is 1. The minimum atomic E-state index is -3.61. The molecule has 2 aromatic rings. The van der Waals surface area contributed by atoms with E-state index in [2.05, 4.69) is 14.9 Å². The number of nitrogens with one attached hydrogen (secondary N) is 2. The maximum atomic E-state index is 12.9. The minimum Gasteiger partial charge on any atom is -0.497 e. The van der Waals surface area contributed by atoms with E-state index in [9.17, 15) is 13.2 Å². The minimum absolute atomic E-state index is 0.0608. The second kappa shape index (κ2) is 8.96. The fourth-order valence-electron chi connectivity index (χ4n) is 3.62. The van der Waals surface area contributed by atoms with Crippen LogP contribution in [0.1, 0.15) is 41.5 Å². The average Bonchev–Trinajstić information content (AvgIpc) is 3.12. The van der Waals surface area contributed by atoms with Crippen molar-refractivity contribution in [2.45, 2.75) is 38.0 Å². The van der Waals surface area contributed by atoms with Crippen LogP contribution in [0.2, 0.25) is 0 Å². The van der Waals surface area contributed by atoms with Gasteiger partial charge in [-0.05, 0) is 56.4 Å². The zero-order chi connectivity index (χ0) is 21.0. The highest BCUT2D eigenvalue weighted by Crippen LogP contribution is 2.21.